The maximum atomic E-state index is 13.5. The smallest absolute Gasteiger partial charge is 0.416 e. The van der Waals surface area contributed by atoms with Crippen molar-refractivity contribution < 1.29 is 44.7 Å². The second-order valence-electron chi connectivity index (χ2n) is 18.1. The normalized spacial score (nSPS) is 12.0. The third-order valence-corrected chi connectivity index (χ3v) is 25.4. The average Bonchev–Trinajstić information content (AvgIpc) is 4.39. The number of rotatable bonds is 19. The zero-order valence-electron chi connectivity index (χ0n) is 42.9. The Labute approximate surface area is 479 Å². The van der Waals surface area contributed by atoms with Crippen LogP contribution in [0.4, 0.5) is 26.3 Å². The molecule has 0 radical (unpaired) electrons. The van der Waals surface area contributed by atoms with Crippen LogP contribution in [0, 0.1) is 11.3 Å². The Bertz CT molecular complexity index is 3410. The Kier molecular flexibility index (Phi) is 23.8. The van der Waals surface area contributed by atoms with Crippen LogP contribution in [-0.2, 0) is 12.4 Å². The van der Waals surface area contributed by atoms with Crippen molar-refractivity contribution in [3.63, 3.8) is 0 Å². The second kappa shape index (κ2) is 29.9. The van der Waals surface area contributed by atoms with Crippen molar-refractivity contribution in [2.45, 2.75) is 112 Å². The molecule has 0 saturated heterocycles. The minimum atomic E-state index is -4.57. The number of hydrogen-bond acceptors (Lipinski definition) is 11. The fraction of sp³-hybridized carbons (Fsp3) is 0.310. The van der Waals surface area contributed by atoms with E-state index >= 15 is 0 Å². The van der Waals surface area contributed by atoms with Gasteiger partial charge in [0.2, 0.25) is 23.7 Å². The molecule has 2 atom stereocenters. The average molecular weight is 1260 g/mol. The Balaban J connectivity index is 0.000000234. The Morgan fingerprint density at radius 1 is 0.654 bits per heavy atom. The summed E-state index contributed by atoms with van der Waals surface area (Å²) in [6.07, 6.45) is -3.59. The van der Waals surface area contributed by atoms with Crippen molar-refractivity contribution in [3.8, 4) is 40.5 Å². The van der Waals surface area contributed by atoms with Gasteiger partial charge in [0.05, 0.1) is 22.3 Å². The van der Waals surface area contributed by atoms with Crippen molar-refractivity contribution in [1.82, 2.24) is 30.6 Å². The molecule has 9 aromatic rings. The number of azide groups is 1. The van der Waals surface area contributed by atoms with E-state index in [0.29, 0.717) is 43.4 Å². The first-order valence-electron chi connectivity index (χ1n) is 25.2. The zero-order chi connectivity index (χ0) is 56.6. The monoisotopic (exact) mass is 1260 g/mol. The molecule has 0 fully saturated rings. The standard InChI is InChI=1S/C22H13ClF3N5O2.C22H12ClF3N2O2.3C4H9.2CH4.N3.Sn/c23-14-8-5-12(6-9-14)19(20-28-30-31-29-20)32-17-10-7-13(22(24,25)26)11-15(17)21-27-16-3-1-2-4-18(16)33-21;23-15-8-5-13(6-9-15)20(12-27)29-18-10-7-14(22(24,25)26)11-16(18)21-28-17-3-1-2-4-19(17)30-21;3*1-3-4-2;;;1-3-2;/h1-11,19H,(H,28,29,30,31);1-11,20H;3*1,3-4H2,2H3;2*1H4;;/q;;;;;;;-1;+1. The largest absolute Gasteiger partial charge is 0.477 e. The van der Waals surface area contributed by atoms with Crippen LogP contribution < -0.4 is 9.47 Å². The third-order valence-electron chi connectivity index (χ3n) is 12.5. The number of nitrogens with one attached hydrogen (secondary N) is 1. The van der Waals surface area contributed by atoms with Crippen LogP contribution in [0.1, 0.15) is 114 Å². The first kappa shape index (κ1) is 64.5. The molecule has 0 aliphatic carbocycles. The Morgan fingerprint density at radius 2 is 1.10 bits per heavy atom. The Hall–Kier alpha value is -7.31. The predicted octanol–water partition coefficient (Wildman–Crippen LogP) is 19.6. The SMILES string of the molecule is C.C.CCC[CH2][Sn]([CH2]CCC)([CH2]CCC)[N]=[N+]=[N-].FC(F)(F)c1ccc(OC(c2ccc(Cl)cc2)c2nn[nH]n2)c(-c2nc3ccccc3o2)c1.N#CC(Oc1ccc(C(F)(F)F)cc1-c1nc2ccccc2o1)c1ccc(Cl)cc1. The van der Waals surface area contributed by atoms with Gasteiger partial charge in [-0.25, -0.2) is 9.97 Å². The summed E-state index contributed by atoms with van der Waals surface area (Å²) in [6.45, 7) is 6.69. The second-order valence-corrected chi connectivity index (χ2v) is 30.8. The summed E-state index contributed by atoms with van der Waals surface area (Å²) in [7, 11) is 0. The number of nitriles is 1. The maximum Gasteiger partial charge on any atom is 0.416 e. The van der Waals surface area contributed by atoms with E-state index in [1.54, 1.807) is 97.1 Å². The van der Waals surface area contributed by atoms with Gasteiger partial charge in [-0.2, -0.15) is 36.8 Å². The molecule has 6 aromatic carbocycles. The van der Waals surface area contributed by atoms with Crippen LogP contribution in [0.2, 0.25) is 23.4 Å². The first-order chi connectivity index (χ1) is 38.0. The number of aromatic amines is 1. The van der Waals surface area contributed by atoms with Crippen molar-refractivity contribution in [2.75, 3.05) is 0 Å². The summed E-state index contributed by atoms with van der Waals surface area (Å²) < 4.78 is 112. The van der Waals surface area contributed by atoms with E-state index in [1.165, 1.54) is 57.9 Å². The van der Waals surface area contributed by atoms with Crippen LogP contribution in [0.3, 0.4) is 0 Å². The number of benzene rings is 6. The van der Waals surface area contributed by atoms with Gasteiger partial charge in [-0.05, 0) is 84.9 Å². The number of ether oxygens (including phenoxy) is 2. The molecular formula is C58H60Cl2F6N10O4Sn. The summed E-state index contributed by atoms with van der Waals surface area (Å²) in [4.78, 5) is 11.8. The van der Waals surface area contributed by atoms with E-state index in [9.17, 15) is 31.6 Å². The topological polar surface area (TPSA) is 198 Å². The van der Waals surface area contributed by atoms with E-state index in [1.807, 2.05) is 6.07 Å². The van der Waals surface area contributed by atoms with E-state index in [-0.39, 0.29) is 55.1 Å². The maximum absolute atomic E-state index is 13.5. The molecule has 1 N–H and O–H groups in total. The van der Waals surface area contributed by atoms with Crippen LogP contribution in [0.15, 0.2) is 146 Å². The van der Waals surface area contributed by atoms with Crippen LogP contribution in [0.25, 0.3) is 55.6 Å². The predicted molar refractivity (Wildman–Crippen MR) is 305 cm³/mol. The number of H-pyrrole nitrogens is 1. The number of alkyl halides is 6. The van der Waals surface area contributed by atoms with Gasteiger partial charge in [0.1, 0.15) is 28.6 Å². The van der Waals surface area contributed by atoms with Gasteiger partial charge in [0.15, 0.2) is 17.3 Å². The minimum absolute atomic E-state index is 0. The number of fused-ring (bicyclic) bond motifs is 2. The molecule has 0 spiro atoms. The number of para-hydroxylation sites is 4. The van der Waals surface area contributed by atoms with Gasteiger partial charge in [0.25, 0.3) is 0 Å². The zero-order valence-corrected chi connectivity index (χ0v) is 47.3. The molecule has 81 heavy (non-hydrogen) atoms. The number of halogens is 8. The summed E-state index contributed by atoms with van der Waals surface area (Å²) in [5, 5.41) is 24.4. The number of oxazole rings is 2. The number of aromatic nitrogens is 6. The third kappa shape index (κ3) is 17.3. The molecule has 0 aliphatic rings. The van der Waals surface area contributed by atoms with Gasteiger partial charge >= 0.3 is 117 Å². The number of unbranched alkanes of at least 4 members (excludes halogenated alkanes) is 3. The summed E-state index contributed by atoms with van der Waals surface area (Å²) in [5.41, 5.74) is 10.1. The molecular weight excluding hydrogens is 1200 g/mol. The van der Waals surface area contributed by atoms with Crippen molar-refractivity contribution in [1.29, 1.82) is 5.26 Å². The van der Waals surface area contributed by atoms with Gasteiger partial charge in [0, 0.05) is 21.2 Å². The number of hydrogen-bond donors (Lipinski definition) is 1. The summed E-state index contributed by atoms with van der Waals surface area (Å²) in [5.74, 6) is 0.265. The molecule has 9 rings (SSSR count). The van der Waals surface area contributed by atoms with Crippen molar-refractivity contribution >= 4 is 64.1 Å². The molecule has 3 heterocycles. The van der Waals surface area contributed by atoms with Gasteiger partial charge in [-0.15, -0.1) is 10.2 Å². The molecule has 23 heteroatoms. The molecule has 0 amide bonds. The minimum Gasteiger partial charge on any atom is -0.477 e. The van der Waals surface area contributed by atoms with Crippen molar-refractivity contribution in [3.05, 3.63) is 182 Å². The molecule has 14 nitrogen and oxygen atoms in total. The van der Waals surface area contributed by atoms with E-state index in [4.69, 9.17) is 47.0 Å². The molecule has 2 unspecified atom stereocenters. The van der Waals surface area contributed by atoms with Crippen LogP contribution in [-0.4, -0.2) is 49.2 Å². The quantitative estimate of drug-likeness (QED) is 0.0267. The summed E-state index contributed by atoms with van der Waals surface area (Å²) in [6, 6.07) is 34.8. The molecule has 3 aromatic heterocycles. The van der Waals surface area contributed by atoms with Crippen molar-refractivity contribution in [2.24, 2.45) is 3.34 Å². The fourth-order valence-electron chi connectivity index (χ4n) is 8.31. The van der Waals surface area contributed by atoms with E-state index in [0.717, 1.165) is 30.3 Å². The van der Waals surface area contributed by atoms with Gasteiger partial charge < -0.3 is 18.3 Å². The molecule has 0 aliphatic heterocycles. The van der Waals surface area contributed by atoms with Crippen LogP contribution >= 0.6 is 23.2 Å². The number of tetrazole rings is 1. The Morgan fingerprint density at radius 3 is 1.49 bits per heavy atom. The van der Waals surface area contributed by atoms with E-state index < -0.39 is 54.3 Å². The van der Waals surface area contributed by atoms with Gasteiger partial charge in [-0.3, -0.25) is 0 Å². The van der Waals surface area contributed by atoms with E-state index in [2.05, 4.69) is 59.6 Å². The molecule has 0 bridgehead atoms. The molecule has 426 valence electrons. The summed E-state index contributed by atoms with van der Waals surface area (Å²) >= 11 is 9.41. The van der Waals surface area contributed by atoms with Crippen LogP contribution in [0.5, 0.6) is 11.5 Å². The fourth-order valence-corrected chi connectivity index (χ4v) is 20.8. The first-order valence-corrected chi connectivity index (χ1v) is 33.2. The van der Waals surface area contributed by atoms with Gasteiger partial charge in [-0.1, -0.05) is 91.8 Å². The molecule has 0 saturated carbocycles. The number of nitrogens with zero attached hydrogens (tertiary/aromatic N) is 9.